The first-order valence-corrected chi connectivity index (χ1v) is 17.0. The first kappa shape index (κ1) is 27.2. The molecule has 4 nitrogen and oxygen atoms in total. The molecule has 11 rings (SSSR count). The van der Waals surface area contributed by atoms with Crippen molar-refractivity contribution in [1.29, 1.82) is 0 Å². The van der Waals surface area contributed by atoms with Crippen LogP contribution in [0.25, 0.3) is 99.0 Å². The highest BCUT2D eigenvalue weighted by Gasteiger charge is 2.23. The summed E-state index contributed by atoms with van der Waals surface area (Å²) in [5.41, 5.74) is 9.35. The molecule has 0 saturated heterocycles. The predicted molar refractivity (Wildman–Crippen MR) is 209 cm³/mol. The SMILES string of the molecule is c1ccc(-c2nc3ccccc3nc2-n2c3ccccc3c3cc4c5ccc6ccccc6c5n(-c5cccc6ccccc56)c4cc32)cc1. The molecule has 0 bridgehead atoms. The van der Waals surface area contributed by atoms with Gasteiger partial charge in [-0.05, 0) is 47.2 Å². The Morgan fingerprint density at radius 3 is 1.82 bits per heavy atom. The van der Waals surface area contributed by atoms with Gasteiger partial charge in [-0.2, -0.15) is 0 Å². The number of fused-ring (bicyclic) bond motifs is 10. The van der Waals surface area contributed by atoms with Crippen molar-refractivity contribution >= 4 is 76.2 Å². The van der Waals surface area contributed by atoms with E-state index in [1.807, 2.05) is 24.3 Å². The second kappa shape index (κ2) is 10.4. The highest BCUT2D eigenvalue weighted by Crippen LogP contribution is 2.43. The van der Waals surface area contributed by atoms with Crippen molar-refractivity contribution < 1.29 is 0 Å². The average Bonchev–Trinajstić information content (AvgIpc) is 3.68. The molecule has 0 aliphatic heterocycles. The van der Waals surface area contributed by atoms with E-state index in [4.69, 9.17) is 9.97 Å². The smallest absolute Gasteiger partial charge is 0.165 e. The van der Waals surface area contributed by atoms with Gasteiger partial charge in [0.15, 0.2) is 5.82 Å². The minimum atomic E-state index is 0.818. The molecule has 232 valence electrons. The standard InChI is InChI=1S/C46H28N4/c1-2-15-31(16-3-1)44-46(48-39-22-10-9-21-38(39)47-44)50-41-23-11-8-20-34(41)36-27-37-35-26-25-30-14-5-7-19-33(30)45(35)49(42(37)28-43(36)50)40-24-12-17-29-13-4-6-18-32(29)40/h1-28H. The van der Waals surface area contributed by atoms with Gasteiger partial charge in [-0.15, -0.1) is 0 Å². The Morgan fingerprint density at radius 2 is 0.980 bits per heavy atom. The van der Waals surface area contributed by atoms with Gasteiger partial charge in [0, 0.05) is 37.9 Å². The van der Waals surface area contributed by atoms with Gasteiger partial charge < -0.3 is 4.57 Å². The van der Waals surface area contributed by atoms with Gasteiger partial charge >= 0.3 is 0 Å². The lowest BCUT2D eigenvalue weighted by atomic mass is 10.0. The summed E-state index contributed by atoms with van der Waals surface area (Å²) in [7, 11) is 0. The Kier molecular flexibility index (Phi) is 5.63. The summed E-state index contributed by atoms with van der Waals surface area (Å²) >= 11 is 0. The Balaban J connectivity index is 1.35. The van der Waals surface area contributed by atoms with Crippen LogP contribution in [-0.2, 0) is 0 Å². The van der Waals surface area contributed by atoms with E-state index < -0.39 is 0 Å². The van der Waals surface area contributed by atoms with E-state index in [-0.39, 0.29) is 0 Å². The maximum atomic E-state index is 5.37. The third kappa shape index (κ3) is 3.81. The summed E-state index contributed by atoms with van der Waals surface area (Å²) in [6.45, 7) is 0. The molecule has 3 aromatic heterocycles. The number of hydrogen-bond acceptors (Lipinski definition) is 2. The van der Waals surface area contributed by atoms with Crippen LogP contribution >= 0.6 is 0 Å². The third-order valence-electron chi connectivity index (χ3n) is 10.3. The van der Waals surface area contributed by atoms with Crippen molar-refractivity contribution in [1.82, 2.24) is 19.1 Å². The molecule has 0 aliphatic carbocycles. The van der Waals surface area contributed by atoms with E-state index in [1.165, 1.54) is 48.6 Å². The van der Waals surface area contributed by atoms with Gasteiger partial charge in [0.2, 0.25) is 0 Å². The Bertz CT molecular complexity index is 3140. The number of nitrogens with zero attached hydrogens (tertiary/aromatic N) is 4. The summed E-state index contributed by atoms with van der Waals surface area (Å²) in [5.74, 6) is 0.818. The van der Waals surface area contributed by atoms with Crippen LogP contribution < -0.4 is 0 Å². The highest BCUT2D eigenvalue weighted by atomic mass is 15.1. The van der Waals surface area contributed by atoms with Gasteiger partial charge in [-0.25, -0.2) is 9.97 Å². The zero-order valence-electron chi connectivity index (χ0n) is 27.0. The normalized spacial score (nSPS) is 12.0. The molecule has 0 saturated carbocycles. The monoisotopic (exact) mass is 636 g/mol. The van der Waals surface area contributed by atoms with Crippen molar-refractivity contribution in [3.63, 3.8) is 0 Å². The predicted octanol–water partition coefficient (Wildman–Crippen LogP) is 11.8. The lowest BCUT2D eigenvalue weighted by Gasteiger charge is -2.15. The first-order valence-electron chi connectivity index (χ1n) is 17.0. The van der Waals surface area contributed by atoms with E-state index in [9.17, 15) is 0 Å². The molecule has 0 N–H and O–H groups in total. The minimum Gasteiger partial charge on any atom is -0.308 e. The fourth-order valence-corrected chi connectivity index (χ4v) is 8.06. The molecule has 0 unspecified atom stereocenters. The second-order valence-electron chi connectivity index (χ2n) is 13.0. The molecule has 50 heavy (non-hydrogen) atoms. The van der Waals surface area contributed by atoms with Gasteiger partial charge in [0.25, 0.3) is 0 Å². The van der Waals surface area contributed by atoms with Gasteiger partial charge in [0.1, 0.15) is 5.69 Å². The molecule has 0 amide bonds. The molecular formula is C46H28N4. The van der Waals surface area contributed by atoms with E-state index in [2.05, 4.69) is 155 Å². The van der Waals surface area contributed by atoms with Crippen LogP contribution in [0.2, 0.25) is 0 Å². The Morgan fingerprint density at radius 1 is 0.360 bits per heavy atom. The summed E-state index contributed by atoms with van der Waals surface area (Å²) in [5, 5.41) is 9.73. The van der Waals surface area contributed by atoms with Crippen LogP contribution in [0.1, 0.15) is 0 Å². The minimum absolute atomic E-state index is 0.818. The van der Waals surface area contributed by atoms with Crippen LogP contribution in [0.3, 0.4) is 0 Å². The fourth-order valence-electron chi connectivity index (χ4n) is 8.06. The lowest BCUT2D eigenvalue weighted by molar-refractivity contribution is 1.08. The van der Waals surface area contributed by atoms with E-state index >= 15 is 0 Å². The molecule has 0 aliphatic rings. The van der Waals surface area contributed by atoms with Crippen molar-refractivity contribution in [3.8, 4) is 22.8 Å². The Hall–Kier alpha value is -6.78. The van der Waals surface area contributed by atoms with Crippen molar-refractivity contribution in [2.45, 2.75) is 0 Å². The molecule has 0 radical (unpaired) electrons. The van der Waals surface area contributed by atoms with Crippen LogP contribution in [0.15, 0.2) is 170 Å². The molecule has 8 aromatic carbocycles. The largest absolute Gasteiger partial charge is 0.308 e. The van der Waals surface area contributed by atoms with Crippen LogP contribution in [-0.4, -0.2) is 19.1 Å². The number of rotatable bonds is 3. The van der Waals surface area contributed by atoms with Gasteiger partial charge in [0.05, 0.1) is 38.8 Å². The topological polar surface area (TPSA) is 35.6 Å². The number of hydrogen-bond donors (Lipinski definition) is 0. The van der Waals surface area contributed by atoms with E-state index in [0.717, 1.165) is 50.3 Å². The van der Waals surface area contributed by atoms with Gasteiger partial charge in [-0.3, -0.25) is 4.57 Å². The lowest BCUT2D eigenvalue weighted by Crippen LogP contribution is -2.04. The van der Waals surface area contributed by atoms with Crippen LogP contribution in [0.5, 0.6) is 0 Å². The number of para-hydroxylation sites is 3. The molecule has 4 heteroatoms. The molecule has 0 atom stereocenters. The maximum Gasteiger partial charge on any atom is 0.165 e. The summed E-state index contributed by atoms with van der Waals surface area (Å²) in [6, 6.07) is 60.7. The zero-order valence-corrected chi connectivity index (χ0v) is 27.0. The molecule has 0 spiro atoms. The second-order valence-corrected chi connectivity index (χ2v) is 13.0. The van der Waals surface area contributed by atoms with E-state index in [0.29, 0.717) is 0 Å². The third-order valence-corrected chi connectivity index (χ3v) is 10.3. The van der Waals surface area contributed by atoms with Crippen LogP contribution in [0.4, 0.5) is 0 Å². The Labute approximate surface area is 287 Å². The molecule has 3 heterocycles. The first-order chi connectivity index (χ1) is 24.8. The van der Waals surface area contributed by atoms with Crippen LogP contribution in [0, 0.1) is 0 Å². The zero-order chi connectivity index (χ0) is 32.8. The summed E-state index contributed by atoms with van der Waals surface area (Å²) in [6.07, 6.45) is 0. The van der Waals surface area contributed by atoms with Crippen molar-refractivity contribution in [2.75, 3.05) is 0 Å². The highest BCUT2D eigenvalue weighted by molar-refractivity contribution is 6.23. The fraction of sp³-hybridized carbons (Fsp3) is 0. The molecule has 0 fully saturated rings. The van der Waals surface area contributed by atoms with E-state index in [1.54, 1.807) is 0 Å². The quantitative estimate of drug-likeness (QED) is 0.193. The maximum absolute atomic E-state index is 5.37. The number of aromatic nitrogens is 4. The van der Waals surface area contributed by atoms with Gasteiger partial charge in [-0.1, -0.05) is 133 Å². The van der Waals surface area contributed by atoms with Crippen molar-refractivity contribution in [2.24, 2.45) is 0 Å². The number of benzene rings is 8. The summed E-state index contributed by atoms with van der Waals surface area (Å²) in [4.78, 5) is 10.6. The molecular weight excluding hydrogens is 609 g/mol. The molecule has 11 aromatic rings. The summed E-state index contributed by atoms with van der Waals surface area (Å²) < 4.78 is 4.82. The average molecular weight is 637 g/mol. The van der Waals surface area contributed by atoms with Crippen molar-refractivity contribution in [3.05, 3.63) is 170 Å².